The topological polar surface area (TPSA) is 49.3 Å². The molecule has 2 unspecified atom stereocenters. The maximum Gasteiger partial charge on any atom is 0.335 e. The number of carboxylic acid groups (broad SMARTS) is 1. The van der Waals surface area contributed by atoms with Crippen LogP contribution >= 0.6 is 0 Å². The van der Waals surface area contributed by atoms with Gasteiger partial charge in [0.15, 0.2) is 0 Å². The van der Waals surface area contributed by atoms with Gasteiger partial charge in [-0.25, -0.2) is 9.18 Å². The van der Waals surface area contributed by atoms with Crippen molar-refractivity contribution in [2.24, 2.45) is 0 Å². The van der Waals surface area contributed by atoms with Gasteiger partial charge in [-0.05, 0) is 60.6 Å². The fourth-order valence-corrected chi connectivity index (χ4v) is 3.23. The van der Waals surface area contributed by atoms with Gasteiger partial charge in [-0.2, -0.15) is 0 Å². The molecule has 0 radical (unpaired) electrons. The summed E-state index contributed by atoms with van der Waals surface area (Å²) in [7, 11) is 0. The van der Waals surface area contributed by atoms with E-state index in [4.69, 9.17) is 5.11 Å². The van der Waals surface area contributed by atoms with Crippen molar-refractivity contribution in [1.82, 2.24) is 5.32 Å². The van der Waals surface area contributed by atoms with Crippen LogP contribution in [0.3, 0.4) is 0 Å². The van der Waals surface area contributed by atoms with Gasteiger partial charge in [0.1, 0.15) is 5.82 Å². The Morgan fingerprint density at radius 2 is 1.78 bits per heavy atom. The number of rotatable bonds is 5. The lowest BCUT2D eigenvalue weighted by atomic mass is 9.97. The summed E-state index contributed by atoms with van der Waals surface area (Å²) < 4.78 is 13.0. The van der Waals surface area contributed by atoms with Crippen molar-refractivity contribution in [2.45, 2.75) is 37.8 Å². The van der Waals surface area contributed by atoms with Crippen LogP contribution in [0.1, 0.15) is 46.7 Å². The number of halogens is 1. The highest BCUT2D eigenvalue weighted by atomic mass is 19.1. The maximum absolute atomic E-state index is 13.0. The van der Waals surface area contributed by atoms with Crippen LogP contribution in [0, 0.1) is 5.82 Å². The van der Waals surface area contributed by atoms with Gasteiger partial charge >= 0.3 is 5.97 Å². The summed E-state index contributed by atoms with van der Waals surface area (Å²) in [6.07, 6.45) is 3.27. The smallest absolute Gasteiger partial charge is 0.335 e. The number of hydrogen-bond acceptors (Lipinski definition) is 2. The summed E-state index contributed by atoms with van der Waals surface area (Å²) in [6.45, 7) is 0.737. The minimum absolute atomic E-state index is 0.189. The van der Waals surface area contributed by atoms with Crippen LogP contribution in [0.2, 0.25) is 0 Å². The molecular weight excluding hydrogens is 293 g/mol. The van der Waals surface area contributed by atoms with Crippen LogP contribution in [0.25, 0.3) is 0 Å². The fourth-order valence-electron chi connectivity index (χ4n) is 3.23. The van der Waals surface area contributed by atoms with E-state index >= 15 is 0 Å². The van der Waals surface area contributed by atoms with Crippen molar-refractivity contribution in [1.29, 1.82) is 0 Å². The molecule has 2 atom stereocenters. The van der Waals surface area contributed by atoms with Crippen molar-refractivity contribution < 1.29 is 14.3 Å². The summed E-state index contributed by atoms with van der Waals surface area (Å²) in [5, 5.41) is 12.4. The first-order valence-electron chi connectivity index (χ1n) is 7.93. The standard InChI is InChI=1S/C19H20FNO2/c20-17-8-5-14(6-9-17)16-7-10-18(11-16)21-12-13-1-3-15(4-2-13)19(22)23/h1-6,8-9,16,18,21H,7,10-12H2,(H,22,23). The average Bonchev–Trinajstić information content (AvgIpc) is 3.03. The third-order valence-corrected chi connectivity index (χ3v) is 4.57. The SMILES string of the molecule is O=C(O)c1ccc(CNC2CCC(c3ccc(F)cc3)C2)cc1. The quantitative estimate of drug-likeness (QED) is 0.879. The van der Waals surface area contributed by atoms with Crippen molar-refractivity contribution in [3.8, 4) is 0 Å². The Morgan fingerprint density at radius 3 is 2.43 bits per heavy atom. The van der Waals surface area contributed by atoms with E-state index in [-0.39, 0.29) is 5.82 Å². The first-order chi connectivity index (χ1) is 11.1. The van der Waals surface area contributed by atoms with E-state index in [1.54, 1.807) is 12.1 Å². The van der Waals surface area contributed by atoms with E-state index in [0.717, 1.165) is 31.4 Å². The number of carbonyl (C=O) groups is 1. The maximum atomic E-state index is 13.0. The molecule has 3 rings (SSSR count). The molecule has 0 aromatic heterocycles. The van der Waals surface area contributed by atoms with Crippen LogP contribution in [-0.4, -0.2) is 17.1 Å². The lowest BCUT2D eigenvalue weighted by Gasteiger charge is -2.14. The molecule has 0 bridgehead atoms. The second-order valence-electron chi connectivity index (χ2n) is 6.14. The van der Waals surface area contributed by atoms with E-state index in [9.17, 15) is 9.18 Å². The molecule has 2 aromatic carbocycles. The highest BCUT2D eigenvalue weighted by molar-refractivity contribution is 5.87. The van der Waals surface area contributed by atoms with E-state index in [1.807, 2.05) is 24.3 Å². The molecule has 2 N–H and O–H groups in total. The van der Waals surface area contributed by atoms with Crippen LogP contribution in [0.5, 0.6) is 0 Å². The molecule has 1 aliphatic rings. The highest BCUT2D eigenvalue weighted by Gasteiger charge is 2.25. The van der Waals surface area contributed by atoms with Crippen LogP contribution in [0.15, 0.2) is 48.5 Å². The Balaban J connectivity index is 1.52. The van der Waals surface area contributed by atoms with Crippen LogP contribution in [-0.2, 0) is 6.54 Å². The summed E-state index contributed by atoms with van der Waals surface area (Å²) >= 11 is 0. The summed E-state index contributed by atoms with van der Waals surface area (Å²) in [5.41, 5.74) is 2.60. The van der Waals surface area contributed by atoms with Gasteiger partial charge in [-0.3, -0.25) is 0 Å². The van der Waals surface area contributed by atoms with Crippen molar-refractivity contribution in [2.75, 3.05) is 0 Å². The number of hydrogen-bond donors (Lipinski definition) is 2. The zero-order valence-electron chi connectivity index (χ0n) is 12.8. The van der Waals surface area contributed by atoms with Crippen LogP contribution in [0.4, 0.5) is 4.39 Å². The average molecular weight is 313 g/mol. The van der Waals surface area contributed by atoms with Gasteiger partial charge < -0.3 is 10.4 Å². The first kappa shape index (κ1) is 15.7. The van der Waals surface area contributed by atoms with Gasteiger partial charge in [-0.15, -0.1) is 0 Å². The van der Waals surface area contributed by atoms with Crippen molar-refractivity contribution in [3.05, 3.63) is 71.0 Å². The molecule has 120 valence electrons. The van der Waals surface area contributed by atoms with E-state index in [0.29, 0.717) is 17.5 Å². The zero-order valence-corrected chi connectivity index (χ0v) is 12.8. The Labute approximate surface area is 135 Å². The van der Waals surface area contributed by atoms with E-state index < -0.39 is 5.97 Å². The van der Waals surface area contributed by atoms with Crippen molar-refractivity contribution in [3.63, 3.8) is 0 Å². The molecule has 23 heavy (non-hydrogen) atoms. The predicted octanol–water partition coefficient (Wildman–Crippen LogP) is 3.95. The Bertz CT molecular complexity index is 667. The summed E-state index contributed by atoms with van der Waals surface area (Å²) in [5.74, 6) is -0.601. The molecule has 3 nitrogen and oxygen atoms in total. The van der Waals surface area contributed by atoms with Crippen LogP contribution < -0.4 is 5.32 Å². The second kappa shape index (κ2) is 6.92. The molecule has 1 aliphatic carbocycles. The van der Waals surface area contributed by atoms with Gasteiger partial charge in [-0.1, -0.05) is 24.3 Å². The zero-order chi connectivity index (χ0) is 16.2. The predicted molar refractivity (Wildman–Crippen MR) is 87.0 cm³/mol. The summed E-state index contributed by atoms with van der Waals surface area (Å²) in [4.78, 5) is 10.8. The molecule has 0 heterocycles. The third-order valence-electron chi connectivity index (χ3n) is 4.57. The molecule has 0 spiro atoms. The van der Waals surface area contributed by atoms with Gasteiger partial charge in [0.05, 0.1) is 5.56 Å². The lowest BCUT2D eigenvalue weighted by Crippen LogP contribution is -2.25. The van der Waals surface area contributed by atoms with Gasteiger partial charge in [0.25, 0.3) is 0 Å². The molecule has 0 aliphatic heterocycles. The van der Waals surface area contributed by atoms with E-state index in [1.165, 1.54) is 17.7 Å². The molecule has 0 saturated heterocycles. The normalized spacial score (nSPS) is 20.6. The third kappa shape index (κ3) is 3.96. The lowest BCUT2D eigenvalue weighted by molar-refractivity contribution is 0.0697. The van der Waals surface area contributed by atoms with Gasteiger partial charge in [0.2, 0.25) is 0 Å². The Morgan fingerprint density at radius 1 is 1.09 bits per heavy atom. The molecule has 1 fully saturated rings. The molecule has 2 aromatic rings. The monoisotopic (exact) mass is 313 g/mol. The minimum Gasteiger partial charge on any atom is -0.478 e. The minimum atomic E-state index is -0.901. The Kier molecular flexibility index (Phi) is 4.72. The highest BCUT2D eigenvalue weighted by Crippen LogP contribution is 2.34. The van der Waals surface area contributed by atoms with Crippen molar-refractivity contribution >= 4 is 5.97 Å². The number of nitrogens with one attached hydrogen (secondary N) is 1. The molecule has 1 saturated carbocycles. The number of carboxylic acids is 1. The number of benzene rings is 2. The molecule has 0 amide bonds. The first-order valence-corrected chi connectivity index (χ1v) is 7.93. The largest absolute Gasteiger partial charge is 0.478 e. The summed E-state index contributed by atoms with van der Waals surface area (Å²) in [6, 6.07) is 14.2. The van der Waals surface area contributed by atoms with Gasteiger partial charge in [0, 0.05) is 12.6 Å². The second-order valence-corrected chi connectivity index (χ2v) is 6.14. The molecular formula is C19H20FNO2. The van der Waals surface area contributed by atoms with E-state index in [2.05, 4.69) is 5.32 Å². The molecule has 4 heteroatoms. The Hall–Kier alpha value is -2.20. The number of aromatic carboxylic acids is 1. The fraction of sp³-hybridized carbons (Fsp3) is 0.316.